The molecule has 0 aliphatic heterocycles. The SMILES string of the molecule is COc1cc(NC(=O)c2csc(N)n2)ccc1F. The molecule has 1 amide bonds. The number of thiazole rings is 1. The number of nitrogen functional groups attached to an aromatic ring is 1. The Morgan fingerprint density at radius 1 is 1.56 bits per heavy atom. The summed E-state index contributed by atoms with van der Waals surface area (Å²) in [5.74, 6) is -0.837. The zero-order valence-corrected chi connectivity index (χ0v) is 10.3. The molecule has 0 saturated carbocycles. The fourth-order valence-corrected chi connectivity index (χ4v) is 1.87. The van der Waals surface area contributed by atoms with E-state index in [1.165, 1.54) is 36.6 Å². The van der Waals surface area contributed by atoms with Crippen LogP contribution < -0.4 is 15.8 Å². The lowest BCUT2D eigenvalue weighted by Gasteiger charge is -2.06. The van der Waals surface area contributed by atoms with Gasteiger partial charge in [-0.05, 0) is 12.1 Å². The molecule has 1 heterocycles. The molecule has 3 N–H and O–H groups in total. The number of hydrogen-bond acceptors (Lipinski definition) is 5. The third kappa shape index (κ3) is 2.57. The molecule has 0 fully saturated rings. The highest BCUT2D eigenvalue weighted by atomic mass is 32.1. The van der Waals surface area contributed by atoms with Crippen LogP contribution >= 0.6 is 11.3 Å². The van der Waals surface area contributed by atoms with Crippen LogP contribution in [0.25, 0.3) is 0 Å². The minimum Gasteiger partial charge on any atom is -0.494 e. The summed E-state index contributed by atoms with van der Waals surface area (Å²) in [6, 6.07) is 4.04. The largest absolute Gasteiger partial charge is 0.494 e. The van der Waals surface area contributed by atoms with Crippen LogP contribution in [0.4, 0.5) is 15.2 Å². The topological polar surface area (TPSA) is 77.2 Å². The van der Waals surface area contributed by atoms with E-state index in [1.54, 1.807) is 5.38 Å². The lowest BCUT2D eigenvalue weighted by atomic mass is 10.3. The smallest absolute Gasteiger partial charge is 0.275 e. The van der Waals surface area contributed by atoms with Crippen LogP contribution in [0.2, 0.25) is 0 Å². The van der Waals surface area contributed by atoms with Gasteiger partial charge >= 0.3 is 0 Å². The van der Waals surface area contributed by atoms with E-state index in [4.69, 9.17) is 10.5 Å². The predicted octanol–water partition coefficient (Wildman–Crippen LogP) is 2.13. The quantitative estimate of drug-likeness (QED) is 0.893. The number of nitrogens with two attached hydrogens (primary N) is 1. The second-order valence-corrected chi connectivity index (χ2v) is 4.26. The second kappa shape index (κ2) is 5.01. The van der Waals surface area contributed by atoms with E-state index in [9.17, 15) is 9.18 Å². The summed E-state index contributed by atoms with van der Waals surface area (Å²) in [6.07, 6.45) is 0. The number of aromatic nitrogens is 1. The average Bonchev–Trinajstić information content (AvgIpc) is 2.78. The minimum atomic E-state index is -0.492. The number of benzene rings is 1. The number of halogens is 1. The van der Waals surface area contributed by atoms with Crippen LogP contribution in [0, 0.1) is 5.82 Å². The monoisotopic (exact) mass is 267 g/mol. The molecular formula is C11H10FN3O2S. The molecule has 0 radical (unpaired) electrons. The highest BCUT2D eigenvalue weighted by molar-refractivity contribution is 7.13. The van der Waals surface area contributed by atoms with Gasteiger partial charge in [-0.2, -0.15) is 0 Å². The molecular weight excluding hydrogens is 257 g/mol. The highest BCUT2D eigenvalue weighted by Crippen LogP contribution is 2.22. The first-order valence-electron chi connectivity index (χ1n) is 4.96. The molecule has 0 unspecified atom stereocenters. The van der Waals surface area contributed by atoms with E-state index in [1.807, 2.05) is 0 Å². The molecule has 0 atom stereocenters. The normalized spacial score (nSPS) is 10.1. The van der Waals surface area contributed by atoms with Gasteiger partial charge in [0, 0.05) is 17.1 Å². The number of methoxy groups -OCH3 is 1. The Morgan fingerprint density at radius 3 is 2.94 bits per heavy atom. The van der Waals surface area contributed by atoms with Crippen molar-refractivity contribution in [1.29, 1.82) is 0 Å². The minimum absolute atomic E-state index is 0.0607. The number of carbonyl (C=O) groups excluding carboxylic acids is 1. The van der Waals surface area contributed by atoms with Crippen LogP contribution in [0.3, 0.4) is 0 Å². The molecule has 5 nitrogen and oxygen atoms in total. The number of rotatable bonds is 3. The van der Waals surface area contributed by atoms with Gasteiger partial charge in [0.1, 0.15) is 5.69 Å². The standard InChI is InChI=1S/C11H10FN3O2S/c1-17-9-4-6(2-3-7(9)12)14-10(16)8-5-18-11(13)15-8/h2-5H,1H3,(H2,13,15)(H,14,16). The Labute approximate surface area is 106 Å². The summed E-state index contributed by atoms with van der Waals surface area (Å²) in [5.41, 5.74) is 6.08. The molecule has 0 bridgehead atoms. The molecule has 2 rings (SSSR count). The molecule has 18 heavy (non-hydrogen) atoms. The van der Waals surface area contributed by atoms with Gasteiger partial charge in [-0.25, -0.2) is 9.37 Å². The van der Waals surface area contributed by atoms with Crippen molar-refractivity contribution in [3.05, 3.63) is 35.1 Å². The molecule has 0 spiro atoms. The first kappa shape index (κ1) is 12.3. The van der Waals surface area contributed by atoms with Gasteiger partial charge in [-0.1, -0.05) is 0 Å². The van der Waals surface area contributed by atoms with Gasteiger partial charge in [-0.15, -0.1) is 11.3 Å². The Morgan fingerprint density at radius 2 is 2.33 bits per heavy atom. The summed E-state index contributed by atoms with van der Waals surface area (Å²) in [7, 11) is 1.35. The lowest BCUT2D eigenvalue weighted by molar-refractivity contribution is 0.102. The summed E-state index contributed by atoms with van der Waals surface area (Å²) in [5, 5.41) is 4.44. The summed E-state index contributed by atoms with van der Waals surface area (Å²) >= 11 is 1.17. The van der Waals surface area contributed by atoms with Crippen molar-refractivity contribution in [2.24, 2.45) is 0 Å². The van der Waals surface area contributed by atoms with Crippen LogP contribution in [-0.2, 0) is 0 Å². The number of carbonyl (C=O) groups is 1. The van der Waals surface area contributed by atoms with E-state index < -0.39 is 11.7 Å². The number of hydrogen-bond donors (Lipinski definition) is 2. The molecule has 0 saturated heterocycles. The highest BCUT2D eigenvalue weighted by Gasteiger charge is 2.11. The molecule has 94 valence electrons. The maximum Gasteiger partial charge on any atom is 0.275 e. The zero-order valence-electron chi connectivity index (χ0n) is 9.44. The third-order valence-electron chi connectivity index (χ3n) is 2.16. The van der Waals surface area contributed by atoms with Crippen LogP contribution in [0.5, 0.6) is 5.75 Å². The van der Waals surface area contributed by atoms with E-state index in [-0.39, 0.29) is 11.4 Å². The van der Waals surface area contributed by atoms with Gasteiger partial charge in [0.05, 0.1) is 7.11 Å². The van der Waals surface area contributed by atoms with Gasteiger partial charge in [0.25, 0.3) is 5.91 Å². The second-order valence-electron chi connectivity index (χ2n) is 3.37. The fourth-order valence-electron chi connectivity index (χ4n) is 1.32. The average molecular weight is 267 g/mol. The number of amides is 1. The van der Waals surface area contributed by atoms with E-state index in [0.717, 1.165) is 0 Å². The Hall–Kier alpha value is -2.15. The number of nitrogens with zero attached hydrogens (tertiary/aromatic N) is 1. The zero-order chi connectivity index (χ0) is 13.1. The summed E-state index contributed by atoms with van der Waals surface area (Å²) in [4.78, 5) is 15.6. The predicted molar refractivity (Wildman–Crippen MR) is 67.4 cm³/mol. The fraction of sp³-hybridized carbons (Fsp3) is 0.0909. The van der Waals surface area contributed by atoms with Gasteiger partial charge in [0.15, 0.2) is 16.7 Å². The number of anilines is 2. The van der Waals surface area contributed by atoms with Crippen LogP contribution in [-0.4, -0.2) is 18.0 Å². The summed E-state index contributed by atoms with van der Waals surface area (Å²) in [6.45, 7) is 0. The van der Waals surface area contributed by atoms with Crippen molar-refractivity contribution < 1.29 is 13.9 Å². The van der Waals surface area contributed by atoms with Gasteiger partial charge < -0.3 is 15.8 Å². The molecule has 0 aliphatic carbocycles. The van der Waals surface area contributed by atoms with Crippen molar-refractivity contribution in [3.63, 3.8) is 0 Å². The Bertz CT molecular complexity index is 585. The van der Waals surface area contributed by atoms with E-state index in [2.05, 4.69) is 10.3 Å². The maximum atomic E-state index is 13.2. The summed E-state index contributed by atoms with van der Waals surface area (Å²) < 4.78 is 18.0. The first-order chi connectivity index (χ1) is 8.60. The number of nitrogens with one attached hydrogen (secondary N) is 1. The molecule has 1 aromatic heterocycles. The number of ether oxygens (including phenoxy) is 1. The third-order valence-corrected chi connectivity index (χ3v) is 2.84. The van der Waals surface area contributed by atoms with Crippen molar-refractivity contribution in [2.45, 2.75) is 0 Å². The van der Waals surface area contributed by atoms with Crippen molar-refractivity contribution in [2.75, 3.05) is 18.2 Å². The first-order valence-corrected chi connectivity index (χ1v) is 5.84. The van der Waals surface area contributed by atoms with Crippen LogP contribution in [0.15, 0.2) is 23.6 Å². The van der Waals surface area contributed by atoms with Crippen molar-refractivity contribution in [3.8, 4) is 5.75 Å². The van der Waals surface area contributed by atoms with E-state index in [0.29, 0.717) is 10.8 Å². The maximum absolute atomic E-state index is 13.2. The Balaban J connectivity index is 2.16. The molecule has 2 aromatic rings. The molecule has 0 aliphatic rings. The van der Waals surface area contributed by atoms with E-state index >= 15 is 0 Å². The van der Waals surface area contributed by atoms with Crippen LogP contribution in [0.1, 0.15) is 10.5 Å². The van der Waals surface area contributed by atoms with Gasteiger partial charge in [0.2, 0.25) is 0 Å². The molecule has 7 heteroatoms. The lowest BCUT2D eigenvalue weighted by Crippen LogP contribution is -2.12. The molecule has 1 aromatic carbocycles. The van der Waals surface area contributed by atoms with Crippen molar-refractivity contribution in [1.82, 2.24) is 4.98 Å². The van der Waals surface area contributed by atoms with Gasteiger partial charge in [-0.3, -0.25) is 4.79 Å². The Kier molecular flexibility index (Phi) is 3.42. The van der Waals surface area contributed by atoms with Crippen molar-refractivity contribution >= 4 is 28.1 Å².